The fraction of sp³-hybridized carbons (Fsp3) is 0.733. The number of nitrogens with zero attached hydrogens (tertiary/aromatic N) is 2. The first kappa shape index (κ1) is 17.5. The van der Waals surface area contributed by atoms with Crippen LogP contribution in [0.4, 0.5) is 5.82 Å². The van der Waals surface area contributed by atoms with Crippen LogP contribution in [0.2, 0.25) is 0 Å². The van der Waals surface area contributed by atoms with Gasteiger partial charge in [0.25, 0.3) is 0 Å². The molecule has 1 rings (SSSR count). The van der Waals surface area contributed by atoms with Crippen molar-refractivity contribution in [2.45, 2.75) is 64.4 Å². The van der Waals surface area contributed by atoms with Crippen LogP contribution in [0, 0.1) is 0 Å². The van der Waals surface area contributed by atoms with E-state index in [-0.39, 0.29) is 18.5 Å². The molecular weight excluding hydrogens is 270 g/mol. The van der Waals surface area contributed by atoms with Crippen molar-refractivity contribution in [3.05, 3.63) is 22.7 Å². The van der Waals surface area contributed by atoms with Gasteiger partial charge in [0.1, 0.15) is 11.9 Å². The third kappa shape index (κ3) is 7.13. The van der Waals surface area contributed by atoms with E-state index in [4.69, 9.17) is 10.6 Å². The number of hydrogen-bond acceptors (Lipinski definition) is 5. The predicted molar refractivity (Wildman–Crippen MR) is 83.0 cm³/mol. The van der Waals surface area contributed by atoms with Crippen molar-refractivity contribution in [2.75, 3.05) is 12.3 Å². The van der Waals surface area contributed by atoms with Crippen molar-refractivity contribution in [3.8, 4) is 0 Å². The molecule has 1 unspecified atom stereocenters. The zero-order chi connectivity index (χ0) is 15.5. The van der Waals surface area contributed by atoms with Crippen LogP contribution in [-0.2, 0) is 0 Å². The van der Waals surface area contributed by atoms with E-state index < -0.39 is 5.69 Å². The maximum absolute atomic E-state index is 11.5. The zero-order valence-corrected chi connectivity index (χ0v) is 12.8. The molecule has 1 aromatic rings. The lowest BCUT2D eigenvalue weighted by Gasteiger charge is -2.17. The van der Waals surface area contributed by atoms with Gasteiger partial charge in [0.15, 0.2) is 0 Å². The first-order valence-corrected chi connectivity index (χ1v) is 7.80. The van der Waals surface area contributed by atoms with Crippen LogP contribution in [-0.4, -0.2) is 27.5 Å². The van der Waals surface area contributed by atoms with E-state index in [1.807, 2.05) is 0 Å². The van der Waals surface area contributed by atoms with Gasteiger partial charge in [-0.3, -0.25) is 0 Å². The van der Waals surface area contributed by atoms with E-state index in [0.717, 1.165) is 24.0 Å². The van der Waals surface area contributed by atoms with Crippen molar-refractivity contribution >= 4 is 5.82 Å². The molecule has 0 amide bonds. The molecule has 1 heterocycles. The summed E-state index contributed by atoms with van der Waals surface area (Å²) in [5, 5.41) is 9.32. The lowest BCUT2D eigenvalue weighted by atomic mass is 10.1. The minimum absolute atomic E-state index is 0.118. The molecule has 3 N–H and O–H groups in total. The molecule has 0 radical (unpaired) electrons. The summed E-state index contributed by atoms with van der Waals surface area (Å²) in [6.07, 6.45) is 10.2. The van der Waals surface area contributed by atoms with Gasteiger partial charge < -0.3 is 15.7 Å². The van der Waals surface area contributed by atoms with Crippen molar-refractivity contribution in [3.63, 3.8) is 0 Å². The van der Waals surface area contributed by atoms with E-state index >= 15 is 0 Å². The summed E-state index contributed by atoms with van der Waals surface area (Å²) in [6, 6.07) is 1.49. The molecule has 0 aliphatic heterocycles. The monoisotopic (exact) mass is 297 g/mol. The quantitative estimate of drug-likeness (QED) is 0.607. The van der Waals surface area contributed by atoms with Gasteiger partial charge in [-0.15, -0.1) is 4.73 Å². The predicted octanol–water partition coefficient (Wildman–Crippen LogP) is 1.76. The molecule has 0 spiro atoms. The number of anilines is 1. The van der Waals surface area contributed by atoms with E-state index in [9.17, 15) is 9.90 Å². The van der Waals surface area contributed by atoms with Gasteiger partial charge in [-0.1, -0.05) is 45.4 Å². The lowest BCUT2D eigenvalue weighted by Crippen LogP contribution is -2.36. The number of unbranched alkanes of at least 4 members (excludes halogenated alkanes) is 6. The van der Waals surface area contributed by atoms with Crippen molar-refractivity contribution in [1.82, 2.24) is 9.71 Å². The molecule has 1 atom stereocenters. The SMILES string of the molecule is CCCCCCCCCC(CO)On1ccc(N)nc1=O. The van der Waals surface area contributed by atoms with Gasteiger partial charge in [0, 0.05) is 6.07 Å². The molecular formula is C15H27N3O3. The number of aromatic nitrogens is 2. The van der Waals surface area contributed by atoms with E-state index in [1.54, 1.807) is 0 Å². The lowest BCUT2D eigenvalue weighted by molar-refractivity contribution is -0.0106. The van der Waals surface area contributed by atoms with Gasteiger partial charge in [-0.2, -0.15) is 4.98 Å². The van der Waals surface area contributed by atoms with Crippen LogP contribution in [0.1, 0.15) is 58.3 Å². The van der Waals surface area contributed by atoms with Crippen LogP contribution in [0.3, 0.4) is 0 Å². The van der Waals surface area contributed by atoms with Crippen molar-refractivity contribution in [1.29, 1.82) is 0 Å². The molecule has 0 aromatic carbocycles. The smallest absolute Gasteiger partial charge is 0.382 e. The number of aliphatic hydroxyl groups excluding tert-OH is 1. The Balaban J connectivity index is 2.27. The van der Waals surface area contributed by atoms with Crippen LogP contribution < -0.4 is 16.3 Å². The molecule has 0 fully saturated rings. The Morgan fingerprint density at radius 3 is 2.57 bits per heavy atom. The number of hydrogen-bond donors (Lipinski definition) is 2. The van der Waals surface area contributed by atoms with Crippen LogP contribution in [0.25, 0.3) is 0 Å². The molecule has 0 saturated carbocycles. The van der Waals surface area contributed by atoms with E-state index in [1.165, 1.54) is 44.4 Å². The molecule has 0 aliphatic rings. The first-order valence-electron chi connectivity index (χ1n) is 7.80. The second-order valence-corrected chi connectivity index (χ2v) is 5.28. The molecule has 6 heteroatoms. The van der Waals surface area contributed by atoms with Gasteiger partial charge in [0.05, 0.1) is 12.8 Å². The molecule has 0 bridgehead atoms. The second kappa shape index (κ2) is 10.2. The fourth-order valence-electron chi connectivity index (χ4n) is 2.15. The largest absolute Gasteiger partial charge is 0.404 e. The van der Waals surface area contributed by atoms with Crippen LogP contribution in [0.15, 0.2) is 17.1 Å². The maximum atomic E-state index is 11.5. The van der Waals surface area contributed by atoms with Gasteiger partial charge in [-0.25, -0.2) is 4.79 Å². The zero-order valence-electron chi connectivity index (χ0n) is 12.8. The van der Waals surface area contributed by atoms with Gasteiger partial charge in [-0.05, 0) is 12.8 Å². The number of nitrogens with two attached hydrogens (primary N) is 1. The third-order valence-corrected chi connectivity index (χ3v) is 3.39. The number of nitrogen functional groups attached to an aromatic ring is 1. The minimum Gasteiger partial charge on any atom is -0.404 e. The summed E-state index contributed by atoms with van der Waals surface area (Å²) in [4.78, 5) is 20.5. The highest BCUT2D eigenvalue weighted by molar-refractivity contribution is 5.23. The third-order valence-electron chi connectivity index (χ3n) is 3.39. The van der Waals surface area contributed by atoms with Gasteiger partial charge in [0.2, 0.25) is 0 Å². The van der Waals surface area contributed by atoms with Crippen molar-refractivity contribution < 1.29 is 9.94 Å². The highest BCUT2D eigenvalue weighted by Crippen LogP contribution is 2.10. The molecule has 0 saturated heterocycles. The Labute approximate surface area is 125 Å². The van der Waals surface area contributed by atoms with Gasteiger partial charge >= 0.3 is 5.69 Å². The fourth-order valence-corrected chi connectivity index (χ4v) is 2.15. The van der Waals surface area contributed by atoms with Crippen LogP contribution in [0.5, 0.6) is 0 Å². The van der Waals surface area contributed by atoms with E-state index in [0.29, 0.717) is 0 Å². The average Bonchev–Trinajstić information content (AvgIpc) is 2.47. The van der Waals surface area contributed by atoms with Crippen molar-refractivity contribution in [2.24, 2.45) is 0 Å². The summed E-state index contributed by atoms with van der Waals surface area (Å²) in [7, 11) is 0. The Kier molecular flexibility index (Phi) is 8.50. The molecule has 0 aliphatic carbocycles. The topological polar surface area (TPSA) is 90.4 Å². The number of rotatable bonds is 11. The Bertz CT molecular complexity index is 448. The molecule has 6 nitrogen and oxygen atoms in total. The minimum atomic E-state index is -0.562. The highest BCUT2D eigenvalue weighted by atomic mass is 16.7. The second-order valence-electron chi connectivity index (χ2n) is 5.28. The molecule has 1 aromatic heterocycles. The molecule has 21 heavy (non-hydrogen) atoms. The highest BCUT2D eigenvalue weighted by Gasteiger charge is 2.10. The summed E-state index contributed by atoms with van der Waals surface area (Å²) in [5.41, 5.74) is 4.85. The van der Waals surface area contributed by atoms with E-state index in [2.05, 4.69) is 11.9 Å². The first-order chi connectivity index (χ1) is 10.2. The maximum Gasteiger partial charge on any atom is 0.382 e. The van der Waals surface area contributed by atoms with Crippen LogP contribution >= 0.6 is 0 Å². The summed E-state index contributed by atoms with van der Waals surface area (Å²) < 4.78 is 1.03. The standard InChI is InChI=1S/C15H27N3O3/c1-2-3-4-5-6-7-8-9-13(12-19)21-18-11-10-14(16)17-15(18)20/h10-11,13,19H,2-9,12H2,1H3,(H2,16,17,20). The normalized spacial score (nSPS) is 12.3. The Hall–Kier alpha value is -1.56. The summed E-state index contributed by atoms with van der Waals surface area (Å²) >= 11 is 0. The average molecular weight is 297 g/mol. The number of aliphatic hydroxyl groups is 1. The Morgan fingerprint density at radius 1 is 1.29 bits per heavy atom. The summed E-state index contributed by atoms with van der Waals surface area (Å²) in [6.45, 7) is 2.09. The Morgan fingerprint density at radius 2 is 1.95 bits per heavy atom. The molecule has 120 valence electrons. The summed E-state index contributed by atoms with van der Waals surface area (Å²) in [5.74, 6) is 0.160.